The van der Waals surface area contributed by atoms with Gasteiger partial charge in [-0.1, -0.05) is 0 Å². The average molecular weight is 426 g/mol. The van der Waals surface area contributed by atoms with Gasteiger partial charge in [-0.2, -0.15) is 8.42 Å². The topological polar surface area (TPSA) is 153 Å². The molecule has 2 N–H and O–H groups in total. The number of ether oxygens (including phenoxy) is 1. The van der Waals surface area contributed by atoms with Crippen LogP contribution in [0.25, 0.3) is 10.9 Å². The van der Waals surface area contributed by atoms with Gasteiger partial charge in [-0.05, 0) is 18.2 Å². The summed E-state index contributed by atoms with van der Waals surface area (Å²) < 4.78 is 56.5. The molecule has 1 aromatic carbocycles. The molecule has 0 saturated carbocycles. The van der Waals surface area contributed by atoms with Gasteiger partial charge in [0.2, 0.25) is 5.88 Å². The molecular weight excluding hydrogens is 412 g/mol. The van der Waals surface area contributed by atoms with Crippen LogP contribution in [0.4, 0.5) is 0 Å². The van der Waals surface area contributed by atoms with Crippen molar-refractivity contribution in [2.45, 2.75) is 4.90 Å². The third-order valence-corrected chi connectivity index (χ3v) is 5.08. The van der Waals surface area contributed by atoms with Gasteiger partial charge in [0, 0.05) is 30.0 Å². The zero-order chi connectivity index (χ0) is 20.7. The summed E-state index contributed by atoms with van der Waals surface area (Å²) in [5.74, 6) is -1.23. The quantitative estimate of drug-likeness (QED) is 0.562. The van der Waals surface area contributed by atoms with Crippen molar-refractivity contribution in [2.75, 3.05) is 12.5 Å². The number of hydrogen-bond donors (Lipinski definition) is 2. The maximum Gasteiger partial charge on any atom is 0.352 e. The molecular formula is C16H14N2O8S2. The summed E-state index contributed by atoms with van der Waals surface area (Å²) in [7, 11) is -7.31. The van der Waals surface area contributed by atoms with Crippen molar-refractivity contribution in [3.8, 4) is 17.4 Å². The second-order valence-electron chi connectivity index (χ2n) is 5.87. The Morgan fingerprint density at radius 2 is 1.82 bits per heavy atom. The normalized spacial score (nSPS) is 12.1. The zero-order valence-corrected chi connectivity index (χ0v) is 16.2. The summed E-state index contributed by atoms with van der Waals surface area (Å²) in [6.45, 7) is 0. The first kappa shape index (κ1) is 19.6. The van der Waals surface area contributed by atoms with Crippen molar-refractivity contribution in [1.29, 1.82) is 0 Å². The van der Waals surface area contributed by atoms with Crippen molar-refractivity contribution in [2.24, 2.45) is 0 Å². The number of benzene rings is 1. The fourth-order valence-electron chi connectivity index (χ4n) is 2.35. The van der Waals surface area contributed by atoms with Gasteiger partial charge >= 0.3 is 16.1 Å². The monoisotopic (exact) mass is 426 g/mol. The Morgan fingerprint density at radius 3 is 2.36 bits per heavy atom. The van der Waals surface area contributed by atoms with Crippen LogP contribution in [-0.4, -0.2) is 50.4 Å². The van der Waals surface area contributed by atoms with E-state index in [2.05, 4.69) is 9.97 Å². The van der Waals surface area contributed by atoms with Crippen LogP contribution in [0.3, 0.4) is 0 Å². The molecule has 3 rings (SSSR count). The Labute approximate surface area is 159 Å². The standard InChI is InChI=1S/C16H14N2O8S2/c1-27(21,22)11-3-4-14(17-8-11)25-10-5-9-6-12(16(19)20)18-15(9)13(7-10)26-28(2,23)24/h3-8,18H,1-2H3,(H,19,20). The summed E-state index contributed by atoms with van der Waals surface area (Å²) in [5, 5.41) is 9.46. The summed E-state index contributed by atoms with van der Waals surface area (Å²) >= 11 is 0. The molecule has 148 valence electrons. The van der Waals surface area contributed by atoms with Crippen LogP contribution in [-0.2, 0) is 20.0 Å². The van der Waals surface area contributed by atoms with Crippen molar-refractivity contribution in [3.05, 3.63) is 42.2 Å². The van der Waals surface area contributed by atoms with E-state index in [0.717, 1.165) is 18.7 Å². The second kappa shape index (κ2) is 6.80. The fraction of sp³-hybridized carbons (Fsp3) is 0.125. The second-order valence-corrected chi connectivity index (χ2v) is 9.46. The van der Waals surface area contributed by atoms with Gasteiger partial charge in [0.25, 0.3) is 0 Å². The lowest BCUT2D eigenvalue weighted by Gasteiger charge is -2.09. The van der Waals surface area contributed by atoms with E-state index in [1.807, 2.05) is 0 Å². The lowest BCUT2D eigenvalue weighted by atomic mass is 10.2. The minimum Gasteiger partial charge on any atom is -0.477 e. The molecule has 3 aromatic rings. The highest BCUT2D eigenvalue weighted by Gasteiger charge is 2.17. The molecule has 2 aromatic heterocycles. The Kier molecular flexibility index (Phi) is 4.77. The van der Waals surface area contributed by atoms with Gasteiger partial charge in [0.05, 0.1) is 16.7 Å². The van der Waals surface area contributed by atoms with E-state index in [1.54, 1.807) is 0 Å². The van der Waals surface area contributed by atoms with Gasteiger partial charge in [0.15, 0.2) is 15.6 Å². The first-order valence-electron chi connectivity index (χ1n) is 7.56. The Bertz CT molecular complexity index is 1280. The van der Waals surface area contributed by atoms with Crippen molar-refractivity contribution in [1.82, 2.24) is 9.97 Å². The fourth-order valence-corrected chi connectivity index (χ4v) is 3.37. The molecule has 0 saturated heterocycles. The van der Waals surface area contributed by atoms with E-state index < -0.39 is 25.9 Å². The molecule has 0 unspecified atom stereocenters. The molecule has 12 heteroatoms. The number of pyridine rings is 1. The number of aromatic carboxylic acids is 1. The number of aromatic amines is 1. The van der Waals surface area contributed by atoms with Crippen molar-refractivity contribution in [3.63, 3.8) is 0 Å². The SMILES string of the molecule is CS(=O)(=O)Oc1cc(Oc2ccc(S(C)(=O)=O)cn2)cc2cc(C(=O)O)[nH]c12. The first-order chi connectivity index (χ1) is 12.9. The zero-order valence-electron chi connectivity index (χ0n) is 14.5. The summed E-state index contributed by atoms with van der Waals surface area (Å²) in [6.07, 6.45) is 3.01. The Morgan fingerprint density at radius 1 is 1.11 bits per heavy atom. The van der Waals surface area contributed by atoms with Crippen LogP contribution in [0, 0.1) is 0 Å². The lowest BCUT2D eigenvalue weighted by Crippen LogP contribution is -2.06. The van der Waals surface area contributed by atoms with Gasteiger partial charge < -0.3 is 19.0 Å². The molecule has 0 amide bonds. The van der Waals surface area contributed by atoms with Crippen LogP contribution < -0.4 is 8.92 Å². The molecule has 0 radical (unpaired) electrons. The lowest BCUT2D eigenvalue weighted by molar-refractivity contribution is 0.0691. The van der Waals surface area contributed by atoms with E-state index in [0.29, 0.717) is 5.39 Å². The number of hydrogen-bond acceptors (Lipinski definition) is 8. The molecule has 0 spiro atoms. The van der Waals surface area contributed by atoms with Crippen LogP contribution in [0.15, 0.2) is 41.4 Å². The highest BCUT2D eigenvalue weighted by atomic mass is 32.2. The van der Waals surface area contributed by atoms with Gasteiger partial charge in [-0.15, -0.1) is 0 Å². The number of H-pyrrole nitrogens is 1. The molecule has 0 aliphatic carbocycles. The number of carboxylic acid groups (broad SMARTS) is 1. The van der Waals surface area contributed by atoms with Crippen LogP contribution in [0.5, 0.6) is 17.4 Å². The molecule has 0 fully saturated rings. The largest absolute Gasteiger partial charge is 0.477 e. The number of nitrogens with one attached hydrogen (secondary N) is 1. The van der Waals surface area contributed by atoms with E-state index in [-0.39, 0.29) is 33.5 Å². The Hall–Kier alpha value is -3.12. The number of carbonyl (C=O) groups is 1. The van der Waals surface area contributed by atoms with Crippen molar-refractivity contribution >= 4 is 36.8 Å². The number of nitrogens with zero attached hydrogens (tertiary/aromatic N) is 1. The number of rotatable bonds is 6. The van der Waals surface area contributed by atoms with E-state index in [1.165, 1.54) is 30.3 Å². The molecule has 28 heavy (non-hydrogen) atoms. The predicted molar refractivity (Wildman–Crippen MR) is 98.2 cm³/mol. The van der Waals surface area contributed by atoms with Crippen LogP contribution in [0.1, 0.15) is 10.5 Å². The third kappa shape index (κ3) is 4.40. The molecule has 10 nitrogen and oxygen atoms in total. The summed E-state index contributed by atoms with van der Waals surface area (Å²) in [4.78, 5) is 17.7. The smallest absolute Gasteiger partial charge is 0.352 e. The maximum absolute atomic E-state index is 11.5. The number of fused-ring (bicyclic) bond motifs is 1. The van der Waals surface area contributed by atoms with E-state index in [9.17, 15) is 21.6 Å². The molecule has 0 bridgehead atoms. The number of carboxylic acids is 1. The molecule has 0 aliphatic rings. The Balaban J connectivity index is 2.04. The predicted octanol–water partition coefficient (Wildman–Crippen LogP) is 1.80. The van der Waals surface area contributed by atoms with Gasteiger partial charge in [-0.25, -0.2) is 18.2 Å². The molecule has 0 atom stereocenters. The minimum atomic E-state index is -3.90. The van der Waals surface area contributed by atoms with E-state index >= 15 is 0 Å². The average Bonchev–Trinajstić information content (AvgIpc) is 2.98. The van der Waals surface area contributed by atoms with Crippen LogP contribution in [0.2, 0.25) is 0 Å². The maximum atomic E-state index is 11.5. The van der Waals surface area contributed by atoms with Crippen LogP contribution >= 0.6 is 0 Å². The summed E-state index contributed by atoms with van der Waals surface area (Å²) in [5.41, 5.74) is -0.00306. The third-order valence-electron chi connectivity index (χ3n) is 3.50. The van der Waals surface area contributed by atoms with Gasteiger partial charge in [-0.3, -0.25) is 0 Å². The van der Waals surface area contributed by atoms with Gasteiger partial charge in [0.1, 0.15) is 11.4 Å². The van der Waals surface area contributed by atoms with Crippen molar-refractivity contribution < 1.29 is 35.7 Å². The molecule has 0 aliphatic heterocycles. The summed E-state index contributed by atoms with van der Waals surface area (Å²) in [6, 6.07) is 6.64. The molecule has 2 heterocycles. The number of sulfone groups is 1. The first-order valence-corrected chi connectivity index (χ1v) is 11.3. The van der Waals surface area contributed by atoms with E-state index in [4.69, 9.17) is 14.0 Å². The number of aromatic nitrogens is 2. The highest BCUT2D eigenvalue weighted by Crippen LogP contribution is 2.34. The minimum absolute atomic E-state index is 0.00753. The highest BCUT2D eigenvalue weighted by molar-refractivity contribution is 7.90.